The minimum atomic E-state index is -0.936. The molecule has 0 bridgehead atoms. The summed E-state index contributed by atoms with van der Waals surface area (Å²) in [5.74, 6) is -0.936. The first-order chi connectivity index (χ1) is 7.91. The van der Waals surface area contributed by atoms with Crippen LogP contribution in [-0.4, -0.2) is 34.5 Å². The van der Waals surface area contributed by atoms with Gasteiger partial charge >= 0.3 is 5.97 Å². The highest BCUT2D eigenvalue weighted by atomic mass is 79.9. The maximum Gasteiger partial charge on any atom is 0.317 e. The van der Waals surface area contributed by atoms with E-state index in [1.807, 2.05) is 0 Å². The van der Waals surface area contributed by atoms with Gasteiger partial charge in [0.1, 0.15) is 0 Å². The Morgan fingerprint density at radius 3 is 2.76 bits per heavy atom. The number of rotatable bonds is 5. The molecule has 92 valence electrons. The number of benzene rings is 1. The first-order valence-corrected chi connectivity index (χ1v) is 5.53. The largest absolute Gasteiger partial charge is 0.480 e. The van der Waals surface area contributed by atoms with E-state index in [1.54, 1.807) is 24.1 Å². The molecule has 1 N–H and O–H groups in total. The quantitative estimate of drug-likeness (QED) is 0.663. The second-order valence-electron chi connectivity index (χ2n) is 3.57. The van der Waals surface area contributed by atoms with E-state index in [1.165, 1.54) is 6.07 Å². The third-order valence-corrected chi connectivity index (χ3v) is 3.02. The molecule has 0 aliphatic carbocycles. The monoisotopic (exact) mass is 302 g/mol. The molecule has 0 unspecified atom stereocenters. The van der Waals surface area contributed by atoms with E-state index < -0.39 is 10.9 Å². The molecule has 0 saturated heterocycles. The summed E-state index contributed by atoms with van der Waals surface area (Å²) >= 11 is 3.16. The molecule has 1 rings (SSSR count). The topological polar surface area (TPSA) is 83.7 Å². The van der Waals surface area contributed by atoms with Gasteiger partial charge in [0.25, 0.3) is 5.69 Å². The zero-order chi connectivity index (χ0) is 13.0. The Balaban J connectivity index is 2.88. The van der Waals surface area contributed by atoms with Crippen LogP contribution in [0.25, 0.3) is 0 Å². The molecule has 0 spiro atoms. The highest BCUT2D eigenvalue weighted by Gasteiger charge is 2.16. The highest BCUT2D eigenvalue weighted by molar-refractivity contribution is 9.10. The van der Waals surface area contributed by atoms with Gasteiger partial charge in [-0.2, -0.15) is 0 Å². The smallest absolute Gasteiger partial charge is 0.317 e. The van der Waals surface area contributed by atoms with E-state index in [4.69, 9.17) is 5.11 Å². The number of nitrogens with zero attached hydrogens (tertiary/aromatic N) is 2. The van der Waals surface area contributed by atoms with Gasteiger partial charge in [-0.05, 0) is 28.5 Å². The molecule has 0 aliphatic heterocycles. The molecule has 0 radical (unpaired) electrons. The fourth-order valence-corrected chi connectivity index (χ4v) is 1.94. The number of hydrogen-bond acceptors (Lipinski definition) is 4. The Kier molecular flexibility index (Phi) is 4.59. The van der Waals surface area contributed by atoms with Crippen LogP contribution >= 0.6 is 15.9 Å². The number of aliphatic carboxylic acids is 1. The normalized spacial score (nSPS) is 10.5. The summed E-state index contributed by atoms with van der Waals surface area (Å²) < 4.78 is 0.391. The van der Waals surface area contributed by atoms with Crippen molar-refractivity contribution < 1.29 is 14.8 Å². The van der Waals surface area contributed by atoms with Crippen molar-refractivity contribution in [3.63, 3.8) is 0 Å². The lowest BCUT2D eigenvalue weighted by molar-refractivity contribution is -0.385. The third-order valence-electron chi connectivity index (χ3n) is 2.10. The summed E-state index contributed by atoms with van der Waals surface area (Å²) in [6, 6.07) is 4.69. The van der Waals surface area contributed by atoms with E-state index in [0.717, 1.165) is 0 Å². The Morgan fingerprint density at radius 2 is 2.24 bits per heavy atom. The zero-order valence-electron chi connectivity index (χ0n) is 9.09. The molecule has 7 heteroatoms. The standard InChI is InChI=1S/C10H11BrN2O4/c1-12(6-9(14)15)5-7-3-2-4-8(10(7)11)13(16)17/h2-4H,5-6H2,1H3,(H,14,15). The number of hydrogen-bond donors (Lipinski definition) is 1. The fraction of sp³-hybridized carbons (Fsp3) is 0.300. The zero-order valence-corrected chi connectivity index (χ0v) is 10.7. The SMILES string of the molecule is CN(CC(=O)O)Cc1cccc([N+](=O)[O-])c1Br. The molecule has 0 fully saturated rings. The van der Waals surface area contributed by atoms with Crippen LogP contribution in [0.4, 0.5) is 5.69 Å². The number of halogens is 1. The van der Waals surface area contributed by atoms with Gasteiger partial charge in [0.2, 0.25) is 0 Å². The molecule has 0 aliphatic rings. The minimum absolute atomic E-state index is 0.0220. The van der Waals surface area contributed by atoms with E-state index in [2.05, 4.69) is 15.9 Å². The van der Waals surface area contributed by atoms with Gasteiger partial charge in [0.15, 0.2) is 0 Å². The molecule has 6 nitrogen and oxygen atoms in total. The summed E-state index contributed by atoms with van der Waals surface area (Å²) in [6.45, 7) is 0.212. The third kappa shape index (κ3) is 3.79. The molecule has 0 aromatic heterocycles. The van der Waals surface area contributed by atoms with Gasteiger partial charge in [-0.25, -0.2) is 0 Å². The fourth-order valence-electron chi connectivity index (χ4n) is 1.41. The van der Waals surface area contributed by atoms with Crippen LogP contribution in [0.2, 0.25) is 0 Å². The maximum atomic E-state index is 10.7. The first-order valence-electron chi connectivity index (χ1n) is 4.74. The van der Waals surface area contributed by atoms with Crippen molar-refractivity contribution in [2.75, 3.05) is 13.6 Å². The van der Waals surface area contributed by atoms with Crippen molar-refractivity contribution in [2.45, 2.75) is 6.54 Å². The molecule has 0 heterocycles. The van der Waals surface area contributed by atoms with Gasteiger partial charge in [-0.15, -0.1) is 0 Å². The number of nitro benzene ring substituents is 1. The first kappa shape index (κ1) is 13.6. The van der Waals surface area contributed by atoms with Gasteiger partial charge in [0.05, 0.1) is 15.9 Å². The molecule has 1 aromatic rings. The van der Waals surface area contributed by atoms with Crippen molar-refractivity contribution in [1.82, 2.24) is 4.90 Å². The molecule has 1 aromatic carbocycles. The van der Waals surface area contributed by atoms with E-state index in [-0.39, 0.29) is 12.2 Å². The summed E-state index contributed by atoms with van der Waals surface area (Å²) in [4.78, 5) is 22.3. The van der Waals surface area contributed by atoms with Crippen LogP contribution in [0.3, 0.4) is 0 Å². The number of likely N-dealkylation sites (N-methyl/N-ethyl adjacent to an activating group) is 1. The van der Waals surface area contributed by atoms with Gasteiger partial charge < -0.3 is 5.11 Å². The average molecular weight is 303 g/mol. The molecular weight excluding hydrogens is 292 g/mol. The van der Waals surface area contributed by atoms with Crippen molar-refractivity contribution in [1.29, 1.82) is 0 Å². The molecule has 0 atom stereocenters. The van der Waals surface area contributed by atoms with Gasteiger partial charge in [0, 0.05) is 12.6 Å². The lowest BCUT2D eigenvalue weighted by atomic mass is 10.2. The second-order valence-corrected chi connectivity index (χ2v) is 4.37. The van der Waals surface area contributed by atoms with Crippen LogP contribution in [0.5, 0.6) is 0 Å². The van der Waals surface area contributed by atoms with E-state index in [0.29, 0.717) is 16.6 Å². The van der Waals surface area contributed by atoms with Crippen LogP contribution in [0.1, 0.15) is 5.56 Å². The van der Waals surface area contributed by atoms with Crippen LogP contribution in [0, 0.1) is 10.1 Å². The van der Waals surface area contributed by atoms with E-state index in [9.17, 15) is 14.9 Å². The maximum absolute atomic E-state index is 10.7. The van der Waals surface area contributed by atoms with Gasteiger partial charge in [-0.3, -0.25) is 19.8 Å². The van der Waals surface area contributed by atoms with Crippen molar-refractivity contribution in [3.05, 3.63) is 38.3 Å². The molecule has 0 saturated carbocycles. The lowest BCUT2D eigenvalue weighted by Crippen LogP contribution is -2.25. The molecule has 0 amide bonds. The Labute approximate surface area is 106 Å². The minimum Gasteiger partial charge on any atom is -0.480 e. The summed E-state index contributed by atoms with van der Waals surface area (Å²) in [5, 5.41) is 19.3. The predicted molar refractivity (Wildman–Crippen MR) is 64.8 cm³/mol. The Morgan fingerprint density at radius 1 is 1.59 bits per heavy atom. The summed E-state index contributed by atoms with van der Waals surface area (Å²) in [6.07, 6.45) is 0. The Bertz CT molecular complexity index is 450. The Hall–Kier alpha value is -1.47. The number of nitro groups is 1. The van der Waals surface area contributed by atoms with Crippen molar-refractivity contribution in [3.8, 4) is 0 Å². The summed E-state index contributed by atoms with van der Waals surface area (Å²) in [5.41, 5.74) is 0.661. The lowest BCUT2D eigenvalue weighted by Gasteiger charge is -2.14. The van der Waals surface area contributed by atoms with E-state index >= 15 is 0 Å². The number of carboxylic acids is 1. The number of carboxylic acid groups (broad SMARTS) is 1. The average Bonchev–Trinajstić information content (AvgIpc) is 2.19. The van der Waals surface area contributed by atoms with Crippen LogP contribution in [0.15, 0.2) is 22.7 Å². The predicted octanol–water partition coefficient (Wildman–Crippen LogP) is 1.87. The number of carbonyl (C=O) groups is 1. The highest BCUT2D eigenvalue weighted by Crippen LogP contribution is 2.28. The second kappa shape index (κ2) is 5.74. The van der Waals surface area contributed by atoms with Crippen LogP contribution in [-0.2, 0) is 11.3 Å². The van der Waals surface area contributed by atoms with Crippen LogP contribution < -0.4 is 0 Å². The van der Waals surface area contributed by atoms with Crippen molar-refractivity contribution >= 4 is 27.6 Å². The molecular formula is C10H11BrN2O4. The van der Waals surface area contributed by atoms with Crippen molar-refractivity contribution in [2.24, 2.45) is 0 Å². The van der Waals surface area contributed by atoms with Gasteiger partial charge in [-0.1, -0.05) is 12.1 Å². The molecule has 17 heavy (non-hydrogen) atoms. The summed E-state index contributed by atoms with van der Waals surface area (Å²) in [7, 11) is 1.64.